The van der Waals surface area contributed by atoms with E-state index in [1.807, 2.05) is 0 Å². The van der Waals surface area contributed by atoms with E-state index in [4.69, 9.17) is 0 Å². The smallest absolute Gasteiger partial charge is 0.120 e. The minimum absolute atomic E-state index is 0.700. The summed E-state index contributed by atoms with van der Waals surface area (Å²) in [7, 11) is 0. The molecule has 0 aliphatic heterocycles. The SMILES string of the molecule is O=CCCCC1=CCCC=C1. The molecule has 0 N–H and O–H groups in total. The topological polar surface area (TPSA) is 17.1 Å². The molecule has 0 saturated carbocycles. The minimum Gasteiger partial charge on any atom is -0.303 e. The molecule has 0 aromatic rings. The van der Waals surface area contributed by atoms with E-state index in [1.54, 1.807) is 0 Å². The Hall–Kier alpha value is -0.850. The molecule has 0 bridgehead atoms. The molecule has 1 rings (SSSR count). The van der Waals surface area contributed by atoms with Crippen molar-refractivity contribution in [3.63, 3.8) is 0 Å². The second-order valence-electron chi connectivity index (χ2n) is 2.82. The highest BCUT2D eigenvalue weighted by Gasteiger charge is 1.95. The molecule has 0 fully saturated rings. The maximum Gasteiger partial charge on any atom is 0.120 e. The molecule has 1 heteroatoms. The minimum atomic E-state index is 0.700. The van der Waals surface area contributed by atoms with Crippen LogP contribution in [0.2, 0.25) is 0 Å². The van der Waals surface area contributed by atoms with Crippen LogP contribution in [0, 0.1) is 0 Å². The second-order valence-corrected chi connectivity index (χ2v) is 2.82. The second kappa shape index (κ2) is 4.89. The molecule has 0 unspecified atom stereocenters. The zero-order valence-corrected chi connectivity index (χ0v) is 6.75. The van der Waals surface area contributed by atoms with Crippen LogP contribution in [0.4, 0.5) is 0 Å². The first kappa shape index (κ1) is 8.25. The Morgan fingerprint density at radius 3 is 3.00 bits per heavy atom. The Bertz CT molecular complexity index is 177. The van der Waals surface area contributed by atoms with Crippen LogP contribution in [0.15, 0.2) is 23.8 Å². The molecule has 0 aromatic carbocycles. The summed E-state index contributed by atoms with van der Waals surface area (Å²) in [6.07, 6.45) is 12.8. The Labute approximate surface area is 67.8 Å². The molecule has 0 saturated heterocycles. The molecule has 0 spiro atoms. The number of carbonyl (C=O) groups is 1. The monoisotopic (exact) mass is 150 g/mol. The third-order valence-corrected chi connectivity index (χ3v) is 1.86. The van der Waals surface area contributed by atoms with E-state index in [0.717, 1.165) is 19.1 Å². The van der Waals surface area contributed by atoms with Crippen molar-refractivity contribution in [3.05, 3.63) is 23.8 Å². The van der Waals surface area contributed by atoms with Gasteiger partial charge in [0, 0.05) is 6.42 Å². The lowest BCUT2D eigenvalue weighted by Gasteiger charge is -2.04. The van der Waals surface area contributed by atoms with Crippen molar-refractivity contribution >= 4 is 6.29 Å². The van der Waals surface area contributed by atoms with E-state index in [2.05, 4.69) is 18.2 Å². The van der Waals surface area contributed by atoms with Crippen LogP contribution in [0.5, 0.6) is 0 Å². The van der Waals surface area contributed by atoms with Gasteiger partial charge < -0.3 is 4.79 Å². The van der Waals surface area contributed by atoms with E-state index in [9.17, 15) is 4.79 Å². The van der Waals surface area contributed by atoms with Crippen molar-refractivity contribution in [1.82, 2.24) is 0 Å². The van der Waals surface area contributed by atoms with Gasteiger partial charge >= 0.3 is 0 Å². The van der Waals surface area contributed by atoms with Crippen LogP contribution >= 0.6 is 0 Å². The lowest BCUT2D eigenvalue weighted by atomic mass is 10.0. The summed E-state index contributed by atoms with van der Waals surface area (Å²) < 4.78 is 0. The van der Waals surface area contributed by atoms with Crippen LogP contribution in [-0.4, -0.2) is 6.29 Å². The van der Waals surface area contributed by atoms with Gasteiger partial charge in [-0.25, -0.2) is 0 Å². The number of hydrogen-bond donors (Lipinski definition) is 0. The molecule has 0 heterocycles. The summed E-state index contributed by atoms with van der Waals surface area (Å²) in [6.45, 7) is 0. The molecule has 1 aliphatic carbocycles. The molecule has 0 aromatic heterocycles. The standard InChI is InChI=1S/C10H14O/c11-9-5-4-8-10-6-2-1-3-7-10/h2,6-7,9H,1,3-5,8H2. The quantitative estimate of drug-likeness (QED) is 0.444. The average molecular weight is 150 g/mol. The first-order valence-corrected chi connectivity index (χ1v) is 4.22. The predicted octanol–water partition coefficient (Wildman–Crippen LogP) is 2.63. The molecule has 0 radical (unpaired) electrons. The maximum atomic E-state index is 10.0. The fourth-order valence-electron chi connectivity index (χ4n) is 1.24. The fourth-order valence-corrected chi connectivity index (χ4v) is 1.24. The lowest BCUT2D eigenvalue weighted by molar-refractivity contribution is -0.107. The van der Waals surface area contributed by atoms with Crippen molar-refractivity contribution in [1.29, 1.82) is 0 Å². The van der Waals surface area contributed by atoms with Crippen LogP contribution in [-0.2, 0) is 4.79 Å². The van der Waals surface area contributed by atoms with E-state index in [0.29, 0.717) is 6.42 Å². The van der Waals surface area contributed by atoms with Crippen molar-refractivity contribution in [2.24, 2.45) is 0 Å². The summed E-state index contributed by atoms with van der Waals surface area (Å²) in [5.74, 6) is 0. The van der Waals surface area contributed by atoms with Crippen LogP contribution < -0.4 is 0 Å². The van der Waals surface area contributed by atoms with Gasteiger partial charge in [-0.1, -0.05) is 23.8 Å². The number of hydrogen-bond acceptors (Lipinski definition) is 1. The van der Waals surface area contributed by atoms with Gasteiger partial charge in [0.2, 0.25) is 0 Å². The predicted molar refractivity (Wildman–Crippen MR) is 46.4 cm³/mol. The van der Waals surface area contributed by atoms with Crippen molar-refractivity contribution in [2.45, 2.75) is 32.1 Å². The van der Waals surface area contributed by atoms with Crippen molar-refractivity contribution in [3.8, 4) is 0 Å². The van der Waals surface area contributed by atoms with Crippen LogP contribution in [0.1, 0.15) is 32.1 Å². The van der Waals surface area contributed by atoms with Crippen molar-refractivity contribution < 1.29 is 4.79 Å². The van der Waals surface area contributed by atoms with Gasteiger partial charge in [0.25, 0.3) is 0 Å². The van der Waals surface area contributed by atoms with Gasteiger partial charge in [0.1, 0.15) is 6.29 Å². The van der Waals surface area contributed by atoms with Gasteiger partial charge in [-0.2, -0.15) is 0 Å². The van der Waals surface area contributed by atoms with E-state index < -0.39 is 0 Å². The van der Waals surface area contributed by atoms with Gasteiger partial charge in [0.15, 0.2) is 0 Å². The van der Waals surface area contributed by atoms with Gasteiger partial charge in [0.05, 0.1) is 0 Å². The zero-order chi connectivity index (χ0) is 7.94. The average Bonchev–Trinajstić information content (AvgIpc) is 2.07. The molecular weight excluding hydrogens is 136 g/mol. The van der Waals surface area contributed by atoms with Gasteiger partial charge in [-0.15, -0.1) is 0 Å². The Morgan fingerprint density at radius 2 is 2.36 bits per heavy atom. The molecule has 0 amide bonds. The lowest BCUT2D eigenvalue weighted by Crippen LogP contribution is -1.85. The van der Waals surface area contributed by atoms with E-state index in [1.165, 1.54) is 18.4 Å². The summed E-state index contributed by atoms with van der Waals surface area (Å²) in [5, 5.41) is 0. The van der Waals surface area contributed by atoms with Crippen molar-refractivity contribution in [2.75, 3.05) is 0 Å². The fraction of sp³-hybridized carbons (Fsp3) is 0.500. The number of unbranched alkanes of at least 4 members (excludes halogenated alkanes) is 1. The summed E-state index contributed by atoms with van der Waals surface area (Å²) >= 11 is 0. The summed E-state index contributed by atoms with van der Waals surface area (Å²) in [5.41, 5.74) is 1.40. The van der Waals surface area contributed by atoms with Gasteiger partial charge in [-0.05, 0) is 25.7 Å². The third kappa shape index (κ3) is 3.17. The molecule has 1 nitrogen and oxygen atoms in total. The Kier molecular flexibility index (Phi) is 3.67. The molecular formula is C10H14O. The van der Waals surface area contributed by atoms with E-state index >= 15 is 0 Å². The summed E-state index contributed by atoms with van der Waals surface area (Å²) in [6, 6.07) is 0. The molecule has 60 valence electrons. The highest BCUT2D eigenvalue weighted by molar-refractivity contribution is 5.49. The third-order valence-electron chi connectivity index (χ3n) is 1.86. The molecule has 11 heavy (non-hydrogen) atoms. The first-order valence-electron chi connectivity index (χ1n) is 4.22. The normalized spacial score (nSPS) is 16.2. The van der Waals surface area contributed by atoms with E-state index in [-0.39, 0.29) is 0 Å². The highest BCUT2D eigenvalue weighted by Crippen LogP contribution is 2.14. The largest absolute Gasteiger partial charge is 0.303 e. The van der Waals surface area contributed by atoms with Crippen LogP contribution in [0.3, 0.4) is 0 Å². The Morgan fingerprint density at radius 1 is 1.45 bits per heavy atom. The highest BCUT2D eigenvalue weighted by atomic mass is 16.1. The Balaban J connectivity index is 2.20. The number of carbonyl (C=O) groups excluding carboxylic acids is 1. The van der Waals surface area contributed by atoms with Gasteiger partial charge in [-0.3, -0.25) is 0 Å². The maximum absolute atomic E-state index is 10.0. The number of allylic oxidation sites excluding steroid dienone is 4. The number of aldehydes is 1. The summed E-state index contributed by atoms with van der Waals surface area (Å²) in [4.78, 5) is 10.0. The molecule has 0 atom stereocenters. The first-order chi connectivity index (χ1) is 5.43. The van der Waals surface area contributed by atoms with Crippen LogP contribution in [0.25, 0.3) is 0 Å². The number of rotatable bonds is 4. The zero-order valence-electron chi connectivity index (χ0n) is 6.75. The molecule has 1 aliphatic rings.